The number of anilines is 1. The standard InChI is InChI=1S/C24H19NO4/c1-29-19-14-8-13-18(15-19)25-21(16-9-4-2-5-10-16)20(23(27)24(25)28)22(26)17-11-6-3-7-12-17/h2-15,21,26H,1H3/b22-20+. The van der Waals surface area contributed by atoms with Crippen LogP contribution in [-0.2, 0) is 9.59 Å². The van der Waals surface area contributed by atoms with Crippen LogP contribution >= 0.6 is 0 Å². The molecule has 0 saturated carbocycles. The smallest absolute Gasteiger partial charge is 0.300 e. The van der Waals surface area contributed by atoms with Gasteiger partial charge in [0.1, 0.15) is 11.5 Å². The largest absolute Gasteiger partial charge is 0.507 e. The Morgan fingerprint density at radius 3 is 2.21 bits per heavy atom. The van der Waals surface area contributed by atoms with Crippen LogP contribution in [-0.4, -0.2) is 23.9 Å². The van der Waals surface area contributed by atoms with Gasteiger partial charge in [-0.15, -0.1) is 0 Å². The Labute approximate surface area is 168 Å². The van der Waals surface area contributed by atoms with Gasteiger partial charge in [0.15, 0.2) is 0 Å². The summed E-state index contributed by atoms with van der Waals surface area (Å²) >= 11 is 0. The first-order chi connectivity index (χ1) is 14.1. The van der Waals surface area contributed by atoms with Crippen LogP contribution in [0.15, 0.2) is 90.5 Å². The topological polar surface area (TPSA) is 66.8 Å². The van der Waals surface area contributed by atoms with E-state index in [1.165, 1.54) is 12.0 Å². The Hall–Kier alpha value is -3.86. The minimum atomic E-state index is -0.747. The van der Waals surface area contributed by atoms with E-state index in [2.05, 4.69) is 0 Å². The zero-order chi connectivity index (χ0) is 20.4. The number of aliphatic hydroxyl groups excluding tert-OH is 1. The molecule has 0 aliphatic carbocycles. The van der Waals surface area contributed by atoms with E-state index in [1.807, 2.05) is 36.4 Å². The summed E-state index contributed by atoms with van der Waals surface area (Å²) in [4.78, 5) is 27.4. The summed E-state index contributed by atoms with van der Waals surface area (Å²) in [5, 5.41) is 11.0. The van der Waals surface area contributed by atoms with Crippen LogP contribution < -0.4 is 9.64 Å². The van der Waals surface area contributed by atoms with Crippen LogP contribution in [0, 0.1) is 0 Å². The normalized spacial score (nSPS) is 18.1. The van der Waals surface area contributed by atoms with Gasteiger partial charge in [-0.25, -0.2) is 0 Å². The first-order valence-corrected chi connectivity index (χ1v) is 9.17. The highest BCUT2D eigenvalue weighted by molar-refractivity contribution is 6.51. The second-order valence-corrected chi connectivity index (χ2v) is 6.65. The first kappa shape index (κ1) is 18.5. The third-order valence-electron chi connectivity index (χ3n) is 4.94. The fourth-order valence-electron chi connectivity index (χ4n) is 3.56. The Morgan fingerprint density at radius 2 is 1.55 bits per heavy atom. The van der Waals surface area contributed by atoms with Crippen molar-refractivity contribution in [2.75, 3.05) is 12.0 Å². The van der Waals surface area contributed by atoms with Gasteiger partial charge in [-0.3, -0.25) is 14.5 Å². The SMILES string of the molecule is COc1cccc(N2C(=O)C(=O)/C(=C(/O)c3ccccc3)C2c2ccccc2)c1. The van der Waals surface area contributed by atoms with Gasteiger partial charge in [0.25, 0.3) is 11.7 Å². The molecule has 0 radical (unpaired) electrons. The highest BCUT2D eigenvalue weighted by Crippen LogP contribution is 2.42. The number of Topliss-reactive ketones (excluding diaryl/α,β-unsaturated/α-hetero) is 1. The summed E-state index contributed by atoms with van der Waals surface area (Å²) in [6.45, 7) is 0. The molecule has 1 aliphatic heterocycles. The molecule has 1 heterocycles. The van der Waals surface area contributed by atoms with Gasteiger partial charge < -0.3 is 9.84 Å². The lowest BCUT2D eigenvalue weighted by atomic mass is 9.95. The molecule has 1 unspecified atom stereocenters. The second kappa shape index (κ2) is 7.64. The molecule has 1 N–H and O–H groups in total. The van der Waals surface area contributed by atoms with Crippen LogP contribution in [0.3, 0.4) is 0 Å². The molecule has 3 aromatic rings. The van der Waals surface area contributed by atoms with E-state index >= 15 is 0 Å². The van der Waals surface area contributed by atoms with Crippen LogP contribution in [0.25, 0.3) is 5.76 Å². The maximum atomic E-state index is 13.0. The first-order valence-electron chi connectivity index (χ1n) is 9.17. The molecular formula is C24H19NO4. The molecule has 4 rings (SSSR count). The van der Waals surface area contributed by atoms with Crippen molar-refractivity contribution in [3.8, 4) is 5.75 Å². The highest BCUT2D eigenvalue weighted by atomic mass is 16.5. The van der Waals surface area contributed by atoms with Gasteiger partial charge in [-0.1, -0.05) is 66.7 Å². The lowest BCUT2D eigenvalue weighted by Crippen LogP contribution is -2.29. The van der Waals surface area contributed by atoms with E-state index in [1.54, 1.807) is 48.5 Å². The van der Waals surface area contributed by atoms with E-state index < -0.39 is 17.7 Å². The summed E-state index contributed by atoms with van der Waals surface area (Å²) in [6, 6.07) is 24.2. The monoisotopic (exact) mass is 385 g/mol. The van der Waals surface area contributed by atoms with Crippen molar-refractivity contribution < 1.29 is 19.4 Å². The average molecular weight is 385 g/mol. The van der Waals surface area contributed by atoms with E-state index in [9.17, 15) is 14.7 Å². The summed E-state index contributed by atoms with van der Waals surface area (Å²) in [7, 11) is 1.54. The van der Waals surface area contributed by atoms with Crippen LogP contribution in [0.4, 0.5) is 5.69 Å². The molecular weight excluding hydrogens is 366 g/mol. The summed E-state index contributed by atoms with van der Waals surface area (Å²) in [5.41, 5.74) is 1.80. The van der Waals surface area contributed by atoms with Crippen LogP contribution in [0.5, 0.6) is 5.75 Å². The molecule has 5 nitrogen and oxygen atoms in total. The Morgan fingerprint density at radius 1 is 0.897 bits per heavy atom. The lowest BCUT2D eigenvalue weighted by molar-refractivity contribution is -0.132. The fraction of sp³-hybridized carbons (Fsp3) is 0.0833. The van der Waals surface area contributed by atoms with Gasteiger partial charge >= 0.3 is 0 Å². The number of methoxy groups -OCH3 is 1. The van der Waals surface area contributed by atoms with E-state index in [-0.39, 0.29) is 11.3 Å². The maximum absolute atomic E-state index is 13.0. The predicted molar refractivity (Wildman–Crippen MR) is 111 cm³/mol. The third kappa shape index (κ3) is 3.27. The minimum Gasteiger partial charge on any atom is -0.507 e. The summed E-state index contributed by atoms with van der Waals surface area (Å²) in [5.74, 6) is -1.03. The number of hydrogen-bond acceptors (Lipinski definition) is 4. The fourth-order valence-corrected chi connectivity index (χ4v) is 3.56. The molecule has 1 atom stereocenters. The number of benzene rings is 3. The quantitative estimate of drug-likeness (QED) is 0.413. The Bertz CT molecular complexity index is 1090. The molecule has 1 saturated heterocycles. The van der Waals surface area contributed by atoms with Gasteiger partial charge in [0, 0.05) is 17.3 Å². The van der Waals surface area contributed by atoms with Crippen molar-refractivity contribution in [1.29, 1.82) is 0 Å². The molecule has 1 fully saturated rings. The van der Waals surface area contributed by atoms with E-state index in [0.717, 1.165) is 5.56 Å². The highest BCUT2D eigenvalue weighted by Gasteiger charge is 2.46. The molecule has 1 aliphatic rings. The van der Waals surface area contributed by atoms with Crippen molar-refractivity contribution in [2.24, 2.45) is 0 Å². The van der Waals surface area contributed by atoms with Gasteiger partial charge in [-0.05, 0) is 17.7 Å². The lowest BCUT2D eigenvalue weighted by Gasteiger charge is -2.25. The van der Waals surface area contributed by atoms with Crippen LogP contribution in [0.2, 0.25) is 0 Å². The molecule has 0 spiro atoms. The zero-order valence-electron chi connectivity index (χ0n) is 15.8. The van der Waals surface area contributed by atoms with Crippen LogP contribution in [0.1, 0.15) is 17.2 Å². The van der Waals surface area contributed by atoms with Gasteiger partial charge in [-0.2, -0.15) is 0 Å². The number of carbonyl (C=O) groups is 2. The molecule has 0 bridgehead atoms. The number of ketones is 1. The Kier molecular flexibility index (Phi) is 4.87. The number of aliphatic hydroxyl groups is 1. The second-order valence-electron chi connectivity index (χ2n) is 6.65. The summed E-state index contributed by atoms with van der Waals surface area (Å²) in [6.07, 6.45) is 0. The minimum absolute atomic E-state index is 0.0650. The number of rotatable bonds is 4. The third-order valence-corrected chi connectivity index (χ3v) is 4.94. The number of nitrogens with zero attached hydrogens (tertiary/aromatic N) is 1. The van der Waals surface area contributed by atoms with Crippen molar-refractivity contribution in [3.63, 3.8) is 0 Å². The number of carbonyl (C=O) groups excluding carboxylic acids is 2. The molecule has 3 aromatic carbocycles. The van der Waals surface area contributed by atoms with Gasteiger partial charge in [0.05, 0.1) is 18.7 Å². The van der Waals surface area contributed by atoms with Crippen molar-refractivity contribution in [2.45, 2.75) is 6.04 Å². The molecule has 5 heteroatoms. The number of hydrogen-bond donors (Lipinski definition) is 1. The van der Waals surface area contributed by atoms with Crippen molar-refractivity contribution in [1.82, 2.24) is 0 Å². The number of ether oxygens (including phenoxy) is 1. The number of amides is 1. The predicted octanol–water partition coefficient (Wildman–Crippen LogP) is 4.32. The average Bonchev–Trinajstić information content (AvgIpc) is 3.05. The molecule has 144 valence electrons. The molecule has 1 amide bonds. The van der Waals surface area contributed by atoms with E-state index in [0.29, 0.717) is 17.0 Å². The molecule has 29 heavy (non-hydrogen) atoms. The van der Waals surface area contributed by atoms with E-state index in [4.69, 9.17) is 4.74 Å². The maximum Gasteiger partial charge on any atom is 0.300 e. The zero-order valence-corrected chi connectivity index (χ0v) is 15.8. The Balaban J connectivity index is 1.94. The summed E-state index contributed by atoms with van der Waals surface area (Å²) < 4.78 is 5.28. The molecule has 0 aromatic heterocycles. The van der Waals surface area contributed by atoms with Gasteiger partial charge in [0.2, 0.25) is 0 Å². The van der Waals surface area contributed by atoms with Crippen molar-refractivity contribution in [3.05, 3.63) is 102 Å². The van der Waals surface area contributed by atoms with Crippen molar-refractivity contribution >= 4 is 23.1 Å².